The number of para-hydroxylation sites is 1. The van der Waals surface area contributed by atoms with Gasteiger partial charge in [-0.3, -0.25) is 9.59 Å². The lowest BCUT2D eigenvalue weighted by molar-refractivity contribution is -0.138. The van der Waals surface area contributed by atoms with Gasteiger partial charge in [-0.2, -0.15) is 12.6 Å². The number of carbonyl (C=O) groups is 3. The zero-order valence-corrected chi connectivity index (χ0v) is 21.8. The van der Waals surface area contributed by atoms with Crippen LogP contribution in [0.5, 0.6) is 0 Å². The Balaban J connectivity index is 2.38. The lowest BCUT2D eigenvalue weighted by atomic mass is 9.98. The van der Waals surface area contributed by atoms with E-state index in [-0.39, 0.29) is 11.7 Å². The van der Waals surface area contributed by atoms with Crippen LogP contribution in [-0.4, -0.2) is 47.3 Å². The number of carbonyl (C=O) groups excluding carboxylic acids is 3. The predicted molar refractivity (Wildman–Crippen MR) is 138 cm³/mol. The van der Waals surface area contributed by atoms with Gasteiger partial charge in [0.2, 0.25) is 5.91 Å². The number of thiol groups is 1. The molecule has 2 aromatic rings. The summed E-state index contributed by atoms with van der Waals surface area (Å²) in [5, 5.41) is 5.58. The molecule has 0 spiro atoms. The molecular weight excluding hydrogens is 450 g/mol. The standard InChI is InChI=1S/C26H35N3O4S/c1-16-11-8-9-14-19(16)22(23(30)28-21-17(2)12-10-13-18(21)3)29(7)24(31)20(15-34)27-25(32)33-26(4,5)6/h8-14,20,22,34H,15H2,1-7H3,(H,27,32)(H,28,30). The molecule has 184 valence electrons. The third-order valence-corrected chi connectivity index (χ3v) is 5.73. The van der Waals surface area contributed by atoms with Crippen LogP contribution in [0.2, 0.25) is 0 Å². The normalized spacial score (nSPS) is 12.9. The van der Waals surface area contributed by atoms with Crippen molar-refractivity contribution in [1.82, 2.24) is 10.2 Å². The van der Waals surface area contributed by atoms with Crippen LogP contribution in [0.15, 0.2) is 42.5 Å². The number of rotatable bonds is 7. The fourth-order valence-electron chi connectivity index (χ4n) is 3.63. The molecule has 3 amide bonds. The minimum Gasteiger partial charge on any atom is -0.444 e. The Labute approximate surface area is 207 Å². The number of aryl methyl sites for hydroxylation is 3. The first-order valence-electron chi connectivity index (χ1n) is 11.2. The largest absolute Gasteiger partial charge is 0.444 e. The van der Waals surface area contributed by atoms with E-state index in [0.717, 1.165) is 16.7 Å². The van der Waals surface area contributed by atoms with Crippen molar-refractivity contribution in [2.24, 2.45) is 0 Å². The van der Waals surface area contributed by atoms with Crippen LogP contribution in [-0.2, 0) is 14.3 Å². The zero-order valence-electron chi connectivity index (χ0n) is 20.9. The Kier molecular flexibility index (Phi) is 9.15. The minimum atomic E-state index is -0.970. The Morgan fingerprint density at radius 3 is 2.06 bits per heavy atom. The summed E-state index contributed by atoms with van der Waals surface area (Å²) < 4.78 is 5.28. The Morgan fingerprint density at radius 2 is 1.53 bits per heavy atom. The van der Waals surface area contributed by atoms with Gasteiger partial charge in [-0.15, -0.1) is 0 Å². The lowest BCUT2D eigenvalue weighted by Gasteiger charge is -2.32. The van der Waals surface area contributed by atoms with Crippen molar-refractivity contribution in [3.05, 3.63) is 64.7 Å². The van der Waals surface area contributed by atoms with E-state index < -0.39 is 29.7 Å². The number of likely N-dealkylation sites (N-methyl/N-ethyl adjacent to an activating group) is 1. The van der Waals surface area contributed by atoms with Gasteiger partial charge in [0.05, 0.1) is 0 Å². The average molecular weight is 486 g/mol. The van der Waals surface area contributed by atoms with Gasteiger partial charge in [0.1, 0.15) is 17.7 Å². The fraction of sp³-hybridized carbons (Fsp3) is 0.423. The van der Waals surface area contributed by atoms with Crippen LogP contribution < -0.4 is 10.6 Å². The first-order valence-corrected chi connectivity index (χ1v) is 11.8. The number of hydrogen-bond acceptors (Lipinski definition) is 5. The summed E-state index contributed by atoms with van der Waals surface area (Å²) in [4.78, 5) is 40.7. The van der Waals surface area contributed by atoms with Crippen molar-refractivity contribution in [1.29, 1.82) is 0 Å². The smallest absolute Gasteiger partial charge is 0.408 e. The molecule has 34 heavy (non-hydrogen) atoms. The van der Waals surface area contributed by atoms with Crippen LogP contribution >= 0.6 is 12.6 Å². The van der Waals surface area contributed by atoms with E-state index in [1.54, 1.807) is 27.8 Å². The highest BCUT2D eigenvalue weighted by Crippen LogP contribution is 2.27. The molecule has 2 N–H and O–H groups in total. The quantitative estimate of drug-likeness (QED) is 0.501. The van der Waals surface area contributed by atoms with E-state index in [1.807, 2.05) is 63.2 Å². The molecule has 2 unspecified atom stereocenters. The Hall–Kier alpha value is -3.00. The van der Waals surface area contributed by atoms with E-state index in [9.17, 15) is 14.4 Å². The molecule has 0 saturated carbocycles. The van der Waals surface area contributed by atoms with Gasteiger partial charge in [0, 0.05) is 18.5 Å². The lowest BCUT2D eigenvalue weighted by Crippen LogP contribution is -2.52. The predicted octanol–water partition coefficient (Wildman–Crippen LogP) is 4.57. The molecule has 2 atom stereocenters. The van der Waals surface area contributed by atoms with Crippen molar-refractivity contribution in [2.75, 3.05) is 18.1 Å². The molecule has 0 aliphatic heterocycles. The molecule has 0 heterocycles. The number of ether oxygens (including phenoxy) is 1. The summed E-state index contributed by atoms with van der Waals surface area (Å²) in [5.74, 6) is -0.759. The van der Waals surface area contributed by atoms with Gasteiger partial charge in [0.25, 0.3) is 5.91 Å². The van der Waals surface area contributed by atoms with Crippen molar-refractivity contribution in [3.63, 3.8) is 0 Å². The number of amides is 3. The summed E-state index contributed by atoms with van der Waals surface area (Å²) >= 11 is 4.25. The van der Waals surface area contributed by atoms with E-state index in [1.165, 1.54) is 4.90 Å². The Bertz CT molecular complexity index is 1030. The van der Waals surface area contributed by atoms with Crippen molar-refractivity contribution >= 4 is 36.2 Å². The van der Waals surface area contributed by atoms with Crippen LogP contribution in [0, 0.1) is 20.8 Å². The van der Waals surface area contributed by atoms with Gasteiger partial charge < -0.3 is 20.3 Å². The van der Waals surface area contributed by atoms with E-state index >= 15 is 0 Å². The molecule has 7 nitrogen and oxygen atoms in total. The van der Waals surface area contributed by atoms with Gasteiger partial charge in [-0.25, -0.2) is 4.79 Å². The van der Waals surface area contributed by atoms with Crippen LogP contribution in [0.4, 0.5) is 10.5 Å². The second-order valence-corrected chi connectivity index (χ2v) is 9.71. The molecule has 0 aliphatic rings. The average Bonchev–Trinajstić information content (AvgIpc) is 2.74. The van der Waals surface area contributed by atoms with Gasteiger partial charge in [0.15, 0.2) is 0 Å². The fourth-order valence-corrected chi connectivity index (χ4v) is 3.88. The summed E-state index contributed by atoms with van der Waals surface area (Å²) in [7, 11) is 1.55. The highest BCUT2D eigenvalue weighted by molar-refractivity contribution is 7.80. The number of nitrogens with zero attached hydrogens (tertiary/aromatic N) is 1. The minimum absolute atomic E-state index is 0.0431. The third-order valence-electron chi connectivity index (χ3n) is 5.37. The van der Waals surface area contributed by atoms with E-state index in [0.29, 0.717) is 11.3 Å². The number of anilines is 1. The summed E-state index contributed by atoms with van der Waals surface area (Å²) in [6.07, 6.45) is -0.722. The van der Waals surface area contributed by atoms with Crippen LogP contribution in [0.3, 0.4) is 0 Å². The number of alkyl carbamates (subject to hydrolysis) is 1. The molecule has 0 aromatic heterocycles. The molecule has 8 heteroatoms. The van der Waals surface area contributed by atoms with Crippen LogP contribution in [0.1, 0.15) is 49.1 Å². The topological polar surface area (TPSA) is 87.7 Å². The molecule has 2 aromatic carbocycles. The maximum atomic E-state index is 13.6. The van der Waals surface area contributed by atoms with Crippen molar-refractivity contribution < 1.29 is 19.1 Å². The van der Waals surface area contributed by atoms with Crippen LogP contribution in [0.25, 0.3) is 0 Å². The summed E-state index contributed by atoms with van der Waals surface area (Å²) in [5.41, 5.74) is 3.40. The number of benzene rings is 2. The van der Waals surface area contributed by atoms with Gasteiger partial charge in [-0.1, -0.05) is 42.5 Å². The second-order valence-electron chi connectivity index (χ2n) is 9.35. The zero-order chi connectivity index (χ0) is 25.6. The van der Waals surface area contributed by atoms with Crippen molar-refractivity contribution in [3.8, 4) is 0 Å². The second kappa shape index (κ2) is 11.4. The van der Waals surface area contributed by atoms with Gasteiger partial charge in [-0.05, 0) is 63.8 Å². The highest BCUT2D eigenvalue weighted by atomic mass is 32.1. The number of nitrogens with one attached hydrogen (secondary N) is 2. The maximum Gasteiger partial charge on any atom is 0.408 e. The van der Waals surface area contributed by atoms with Crippen molar-refractivity contribution in [2.45, 2.75) is 59.2 Å². The third kappa shape index (κ3) is 7.00. The monoisotopic (exact) mass is 485 g/mol. The molecule has 2 rings (SSSR count). The SMILES string of the molecule is Cc1ccccc1C(C(=O)Nc1c(C)cccc1C)N(C)C(=O)C(CS)NC(=O)OC(C)(C)C. The number of hydrogen-bond donors (Lipinski definition) is 3. The molecule has 0 saturated heterocycles. The van der Waals surface area contributed by atoms with Gasteiger partial charge >= 0.3 is 6.09 Å². The maximum absolute atomic E-state index is 13.6. The van der Waals surface area contributed by atoms with E-state index in [4.69, 9.17) is 4.74 Å². The Morgan fingerprint density at radius 1 is 0.971 bits per heavy atom. The molecular formula is C26H35N3O4S. The first kappa shape index (κ1) is 27.2. The molecule has 0 fully saturated rings. The molecule has 0 aliphatic carbocycles. The highest BCUT2D eigenvalue weighted by Gasteiger charge is 2.34. The summed E-state index contributed by atoms with van der Waals surface area (Å²) in [6, 6.07) is 11.3. The molecule has 0 bridgehead atoms. The molecule has 0 radical (unpaired) electrons. The summed E-state index contributed by atoms with van der Waals surface area (Å²) in [6.45, 7) is 10.9. The van der Waals surface area contributed by atoms with E-state index in [2.05, 4.69) is 23.3 Å². The first-order chi connectivity index (χ1) is 15.9.